The van der Waals surface area contributed by atoms with Crippen molar-refractivity contribution in [1.82, 2.24) is 14.9 Å². The van der Waals surface area contributed by atoms with Gasteiger partial charge in [-0.3, -0.25) is 0 Å². The summed E-state index contributed by atoms with van der Waals surface area (Å²) in [7, 11) is 0. The average molecular weight is 446 g/mol. The molecule has 2 aromatic carbocycles. The molecule has 0 bridgehead atoms. The minimum atomic E-state index is -0.973. The maximum atomic E-state index is 13.2. The van der Waals surface area contributed by atoms with Crippen LogP contribution < -0.4 is 0 Å². The summed E-state index contributed by atoms with van der Waals surface area (Å²) in [5.74, 6) is 0.740. The van der Waals surface area contributed by atoms with Crippen molar-refractivity contribution in [1.29, 1.82) is 0 Å². The van der Waals surface area contributed by atoms with Crippen molar-refractivity contribution in [2.45, 2.75) is 57.8 Å². The Morgan fingerprint density at radius 2 is 1.70 bits per heavy atom. The van der Waals surface area contributed by atoms with Gasteiger partial charge in [0.05, 0.1) is 11.6 Å². The number of hydrogen-bond acceptors (Lipinski definition) is 5. The summed E-state index contributed by atoms with van der Waals surface area (Å²) in [6.07, 6.45) is 4.21. The molecule has 2 atom stereocenters. The molecule has 1 N–H and O–H groups in total. The molecule has 1 saturated heterocycles. The average Bonchev–Trinajstić information content (AvgIpc) is 2.79. The first-order valence-electron chi connectivity index (χ1n) is 11.3. The molecule has 0 saturated carbocycles. The van der Waals surface area contributed by atoms with Crippen molar-refractivity contribution in [3.05, 3.63) is 83.9 Å². The largest absolute Gasteiger partial charge is 0.438 e. The summed E-state index contributed by atoms with van der Waals surface area (Å²) >= 11 is 0. The van der Waals surface area contributed by atoms with E-state index < -0.39 is 11.2 Å². The monoisotopic (exact) mass is 445 g/mol. The number of amides is 1. The second-order valence-corrected chi connectivity index (χ2v) is 9.48. The van der Waals surface area contributed by atoms with Crippen LogP contribution in [-0.2, 0) is 10.3 Å². The van der Waals surface area contributed by atoms with Crippen LogP contribution in [0.25, 0.3) is 11.1 Å². The van der Waals surface area contributed by atoms with Crippen molar-refractivity contribution < 1.29 is 14.6 Å². The number of carbonyl (C=O) groups is 1. The Morgan fingerprint density at radius 1 is 1.06 bits per heavy atom. The molecule has 33 heavy (non-hydrogen) atoms. The first kappa shape index (κ1) is 22.9. The minimum absolute atomic E-state index is 0.142. The molecule has 0 aliphatic carbocycles. The fourth-order valence-electron chi connectivity index (χ4n) is 4.57. The SMILES string of the molecule is Cc1ncc(-c2ccc([C@H](C)N3CCC(CC(C)(C)O)(c4ccccc4)OC3=O)cc2)cn1. The standard InChI is InChI=1S/C27H31N3O3/c1-19(21-10-12-22(13-11-21)23-16-28-20(2)29-17-23)30-15-14-27(33-25(30)31,18-26(3,4)32)24-8-6-5-7-9-24/h5-13,16-17,19,32H,14-15,18H2,1-4H3/t19-,27?/m0/s1. The number of aliphatic hydroxyl groups is 1. The highest BCUT2D eigenvalue weighted by Crippen LogP contribution is 2.42. The van der Waals surface area contributed by atoms with Gasteiger partial charge in [-0.2, -0.15) is 0 Å². The normalized spacial score (nSPS) is 19.8. The molecule has 172 valence electrons. The number of aryl methyl sites for hydroxylation is 1. The molecule has 4 rings (SSSR count). The zero-order valence-corrected chi connectivity index (χ0v) is 19.7. The first-order valence-corrected chi connectivity index (χ1v) is 11.3. The zero-order valence-electron chi connectivity index (χ0n) is 19.7. The molecule has 0 radical (unpaired) electrons. The van der Waals surface area contributed by atoms with Crippen LogP contribution in [-0.4, -0.2) is 38.2 Å². The second kappa shape index (κ2) is 8.94. The van der Waals surface area contributed by atoms with E-state index >= 15 is 0 Å². The van der Waals surface area contributed by atoms with Crippen molar-refractivity contribution in [3.8, 4) is 11.1 Å². The quantitative estimate of drug-likeness (QED) is 0.549. The maximum absolute atomic E-state index is 13.2. The van der Waals surface area contributed by atoms with E-state index in [0.29, 0.717) is 19.4 Å². The van der Waals surface area contributed by atoms with Gasteiger partial charge in [0, 0.05) is 37.3 Å². The number of carbonyl (C=O) groups excluding carboxylic acids is 1. The number of rotatable bonds is 6. The highest BCUT2D eigenvalue weighted by atomic mass is 16.6. The molecule has 1 aliphatic heterocycles. The molecule has 3 aromatic rings. The van der Waals surface area contributed by atoms with E-state index in [1.165, 1.54) is 0 Å². The summed E-state index contributed by atoms with van der Waals surface area (Å²) < 4.78 is 6.11. The Hall–Kier alpha value is -3.25. The number of cyclic esters (lactones) is 1. The minimum Gasteiger partial charge on any atom is -0.438 e. The van der Waals surface area contributed by atoms with Gasteiger partial charge in [0.25, 0.3) is 0 Å². The van der Waals surface area contributed by atoms with Crippen LogP contribution in [0.2, 0.25) is 0 Å². The van der Waals surface area contributed by atoms with E-state index in [2.05, 4.69) is 9.97 Å². The van der Waals surface area contributed by atoms with Gasteiger partial charge in [-0.1, -0.05) is 54.6 Å². The number of benzene rings is 2. The van der Waals surface area contributed by atoms with Crippen LogP contribution in [0.1, 0.15) is 56.6 Å². The van der Waals surface area contributed by atoms with Gasteiger partial charge < -0.3 is 14.7 Å². The van der Waals surface area contributed by atoms with Crippen molar-refractivity contribution in [3.63, 3.8) is 0 Å². The Labute approximate surface area is 195 Å². The molecule has 2 heterocycles. The molecule has 1 aromatic heterocycles. The number of aromatic nitrogens is 2. The van der Waals surface area contributed by atoms with Gasteiger partial charge in [-0.15, -0.1) is 0 Å². The highest BCUT2D eigenvalue weighted by molar-refractivity contribution is 5.70. The number of nitrogens with zero attached hydrogens (tertiary/aromatic N) is 3. The lowest BCUT2D eigenvalue weighted by molar-refractivity contribution is -0.101. The molecule has 0 spiro atoms. The van der Waals surface area contributed by atoms with E-state index in [1.807, 2.05) is 80.8 Å². The van der Waals surface area contributed by atoms with Crippen LogP contribution in [0.15, 0.2) is 67.0 Å². The summed E-state index contributed by atoms with van der Waals surface area (Å²) in [6.45, 7) is 7.91. The van der Waals surface area contributed by atoms with E-state index in [9.17, 15) is 9.90 Å². The van der Waals surface area contributed by atoms with Gasteiger partial charge >= 0.3 is 6.09 Å². The fraction of sp³-hybridized carbons (Fsp3) is 0.370. The molecular weight excluding hydrogens is 414 g/mol. The summed E-state index contributed by atoms with van der Waals surface area (Å²) in [4.78, 5) is 23.5. The molecular formula is C27H31N3O3. The van der Waals surface area contributed by atoms with E-state index in [1.54, 1.807) is 18.7 Å². The van der Waals surface area contributed by atoms with Crippen molar-refractivity contribution >= 4 is 6.09 Å². The van der Waals surface area contributed by atoms with Crippen LogP contribution >= 0.6 is 0 Å². The molecule has 6 nitrogen and oxygen atoms in total. The molecule has 6 heteroatoms. The third-order valence-electron chi connectivity index (χ3n) is 6.27. The third-order valence-corrected chi connectivity index (χ3v) is 6.27. The maximum Gasteiger partial charge on any atom is 0.411 e. The van der Waals surface area contributed by atoms with Gasteiger partial charge in [0.1, 0.15) is 11.4 Å². The number of hydrogen-bond donors (Lipinski definition) is 1. The van der Waals surface area contributed by atoms with Crippen molar-refractivity contribution in [2.75, 3.05) is 6.54 Å². The molecule has 1 aliphatic rings. The Balaban J connectivity index is 1.53. The summed E-state index contributed by atoms with van der Waals surface area (Å²) in [5.41, 5.74) is 2.11. The second-order valence-electron chi connectivity index (χ2n) is 9.48. The smallest absolute Gasteiger partial charge is 0.411 e. The molecule has 1 unspecified atom stereocenters. The lowest BCUT2D eigenvalue weighted by Crippen LogP contribution is -2.51. The van der Waals surface area contributed by atoms with Crippen LogP contribution in [0, 0.1) is 6.92 Å². The predicted octanol–water partition coefficient (Wildman–Crippen LogP) is 5.41. The van der Waals surface area contributed by atoms with E-state index in [-0.39, 0.29) is 12.1 Å². The molecule has 1 amide bonds. The van der Waals surface area contributed by atoms with Crippen LogP contribution in [0.3, 0.4) is 0 Å². The first-order chi connectivity index (χ1) is 15.7. The lowest BCUT2D eigenvalue weighted by atomic mass is 9.80. The van der Waals surface area contributed by atoms with E-state index in [0.717, 1.165) is 28.1 Å². The summed E-state index contributed by atoms with van der Waals surface area (Å²) in [6, 6.07) is 17.7. The zero-order chi connectivity index (χ0) is 23.6. The Morgan fingerprint density at radius 3 is 2.27 bits per heavy atom. The van der Waals surface area contributed by atoms with Gasteiger partial charge in [-0.25, -0.2) is 14.8 Å². The van der Waals surface area contributed by atoms with Crippen LogP contribution in [0.5, 0.6) is 0 Å². The van der Waals surface area contributed by atoms with Gasteiger partial charge in [-0.05, 0) is 44.4 Å². The van der Waals surface area contributed by atoms with E-state index in [4.69, 9.17) is 4.74 Å². The third kappa shape index (κ3) is 5.06. The number of ether oxygens (including phenoxy) is 1. The van der Waals surface area contributed by atoms with Crippen molar-refractivity contribution in [2.24, 2.45) is 0 Å². The summed E-state index contributed by atoms with van der Waals surface area (Å²) in [5, 5.41) is 10.6. The van der Waals surface area contributed by atoms with Gasteiger partial charge in [0.2, 0.25) is 0 Å². The lowest BCUT2D eigenvalue weighted by Gasteiger charge is -2.45. The van der Waals surface area contributed by atoms with Crippen LogP contribution in [0.4, 0.5) is 4.79 Å². The Kier molecular flexibility index (Phi) is 6.21. The topological polar surface area (TPSA) is 75.6 Å². The Bertz CT molecular complexity index is 1090. The molecule has 1 fully saturated rings. The van der Waals surface area contributed by atoms with Gasteiger partial charge in [0.15, 0.2) is 0 Å². The predicted molar refractivity (Wildman–Crippen MR) is 127 cm³/mol. The highest BCUT2D eigenvalue weighted by Gasteiger charge is 2.46. The fourth-order valence-corrected chi connectivity index (χ4v) is 4.57.